The highest BCUT2D eigenvalue weighted by molar-refractivity contribution is 9.10. The lowest BCUT2D eigenvalue weighted by Gasteiger charge is -2.09. The summed E-state index contributed by atoms with van der Waals surface area (Å²) >= 11 is 9.41. The van der Waals surface area contributed by atoms with Crippen LogP contribution in [0.3, 0.4) is 0 Å². The average Bonchev–Trinajstić information content (AvgIpc) is 2.33. The molecule has 0 fully saturated rings. The van der Waals surface area contributed by atoms with Crippen LogP contribution in [0.2, 0.25) is 5.02 Å². The van der Waals surface area contributed by atoms with Gasteiger partial charge in [-0.2, -0.15) is 0 Å². The molecule has 0 amide bonds. The molecule has 0 spiro atoms. The van der Waals surface area contributed by atoms with Gasteiger partial charge in [-0.25, -0.2) is 4.98 Å². The molecule has 18 heavy (non-hydrogen) atoms. The van der Waals surface area contributed by atoms with Gasteiger partial charge in [-0.05, 0) is 36.8 Å². The molecule has 0 aliphatic heterocycles. The van der Waals surface area contributed by atoms with Crippen molar-refractivity contribution in [3.05, 3.63) is 51.6 Å². The molecule has 0 saturated carbocycles. The maximum atomic E-state index is 6.07. The van der Waals surface area contributed by atoms with E-state index in [4.69, 9.17) is 22.1 Å². The number of hydrogen-bond donors (Lipinski definition) is 1. The predicted octanol–water partition coefficient (Wildman–Crippen LogP) is 4.31. The highest BCUT2D eigenvalue weighted by Crippen LogP contribution is 2.31. The van der Waals surface area contributed by atoms with E-state index in [0.29, 0.717) is 16.7 Å². The molecule has 2 aromatic rings. The zero-order valence-corrected chi connectivity index (χ0v) is 12.1. The van der Waals surface area contributed by atoms with Crippen molar-refractivity contribution in [3.63, 3.8) is 0 Å². The average molecular weight is 328 g/mol. The number of nitrogens with zero attached hydrogens (tertiary/aromatic N) is 1. The maximum Gasteiger partial charge on any atom is 0.219 e. The normalized spacial score (nSPS) is 12.2. The van der Waals surface area contributed by atoms with E-state index in [1.807, 2.05) is 25.1 Å². The summed E-state index contributed by atoms with van der Waals surface area (Å²) in [5.74, 6) is 1.04. The zero-order chi connectivity index (χ0) is 13.1. The molecule has 1 aromatic carbocycles. The summed E-state index contributed by atoms with van der Waals surface area (Å²) in [6.45, 7) is 1.91. The number of ether oxygens (including phenoxy) is 1. The Morgan fingerprint density at radius 2 is 2.11 bits per heavy atom. The van der Waals surface area contributed by atoms with Crippen LogP contribution in [-0.2, 0) is 0 Å². The Hall–Kier alpha value is -1.10. The first-order chi connectivity index (χ1) is 8.56. The number of benzene rings is 1. The third kappa shape index (κ3) is 3.22. The third-order valence-electron chi connectivity index (χ3n) is 2.39. The Labute approximate surface area is 119 Å². The summed E-state index contributed by atoms with van der Waals surface area (Å²) in [6, 6.07) is 9.02. The van der Waals surface area contributed by atoms with Crippen molar-refractivity contribution in [1.29, 1.82) is 0 Å². The van der Waals surface area contributed by atoms with Gasteiger partial charge in [-0.1, -0.05) is 27.5 Å². The maximum absolute atomic E-state index is 6.07. The molecule has 0 radical (unpaired) electrons. The van der Waals surface area contributed by atoms with E-state index in [-0.39, 0.29) is 6.04 Å². The van der Waals surface area contributed by atoms with Crippen molar-refractivity contribution in [3.8, 4) is 11.6 Å². The van der Waals surface area contributed by atoms with Crippen LogP contribution in [0.4, 0.5) is 0 Å². The molecule has 0 aliphatic carbocycles. The number of hydrogen-bond acceptors (Lipinski definition) is 3. The van der Waals surface area contributed by atoms with Crippen LogP contribution in [0.15, 0.2) is 41.0 Å². The van der Waals surface area contributed by atoms with Gasteiger partial charge in [-0.15, -0.1) is 0 Å². The van der Waals surface area contributed by atoms with Crippen LogP contribution in [0.25, 0.3) is 0 Å². The molecule has 1 heterocycles. The van der Waals surface area contributed by atoms with E-state index in [1.165, 1.54) is 0 Å². The molecule has 0 saturated heterocycles. The largest absolute Gasteiger partial charge is 0.437 e. The van der Waals surface area contributed by atoms with E-state index in [9.17, 15) is 0 Å². The van der Waals surface area contributed by atoms with Gasteiger partial charge in [0.2, 0.25) is 5.88 Å². The number of rotatable bonds is 3. The second-order valence-corrected chi connectivity index (χ2v) is 5.22. The lowest BCUT2D eigenvalue weighted by atomic mass is 10.1. The first-order valence-corrected chi connectivity index (χ1v) is 6.58. The summed E-state index contributed by atoms with van der Waals surface area (Å²) < 4.78 is 6.54. The first kappa shape index (κ1) is 13.3. The Balaban J connectivity index is 2.25. The lowest BCUT2D eigenvalue weighted by molar-refractivity contribution is 0.461. The number of aromatic nitrogens is 1. The molecule has 0 bridgehead atoms. The molecule has 0 unspecified atom stereocenters. The van der Waals surface area contributed by atoms with Crippen LogP contribution in [-0.4, -0.2) is 4.98 Å². The Bertz CT molecular complexity index is 560. The van der Waals surface area contributed by atoms with Gasteiger partial charge < -0.3 is 10.5 Å². The van der Waals surface area contributed by atoms with Gasteiger partial charge in [0, 0.05) is 22.8 Å². The van der Waals surface area contributed by atoms with Crippen LogP contribution >= 0.6 is 27.5 Å². The van der Waals surface area contributed by atoms with Gasteiger partial charge in [0.05, 0.1) is 5.02 Å². The monoisotopic (exact) mass is 326 g/mol. The van der Waals surface area contributed by atoms with Crippen LogP contribution in [0.5, 0.6) is 11.6 Å². The minimum Gasteiger partial charge on any atom is -0.437 e. The molecule has 2 N–H and O–H groups in total. The van der Waals surface area contributed by atoms with Crippen molar-refractivity contribution >= 4 is 27.5 Å². The second-order valence-electron chi connectivity index (χ2n) is 3.89. The number of halogens is 2. The SMILES string of the molecule is C[C@H](N)c1ccnc(Oc2ccc(Br)cc2Cl)c1. The van der Waals surface area contributed by atoms with Crippen LogP contribution in [0, 0.1) is 0 Å². The third-order valence-corrected chi connectivity index (χ3v) is 3.18. The second kappa shape index (κ2) is 5.69. The highest BCUT2D eigenvalue weighted by Gasteiger charge is 2.06. The highest BCUT2D eigenvalue weighted by atomic mass is 79.9. The topological polar surface area (TPSA) is 48.1 Å². The standard InChI is InChI=1S/C13H12BrClN2O/c1-8(16)9-4-5-17-13(6-9)18-12-3-2-10(14)7-11(12)15/h2-8H,16H2,1H3/t8-/m0/s1. The smallest absolute Gasteiger partial charge is 0.219 e. The van der Waals surface area contributed by atoms with E-state index in [2.05, 4.69) is 20.9 Å². The zero-order valence-electron chi connectivity index (χ0n) is 9.73. The van der Waals surface area contributed by atoms with Gasteiger partial charge in [-0.3, -0.25) is 0 Å². The molecule has 5 heteroatoms. The fraction of sp³-hybridized carbons (Fsp3) is 0.154. The number of nitrogens with two attached hydrogens (primary N) is 1. The molecule has 94 valence electrons. The fourth-order valence-corrected chi connectivity index (χ4v) is 2.15. The molecular formula is C13H12BrClN2O. The molecule has 1 aromatic heterocycles. The predicted molar refractivity (Wildman–Crippen MR) is 76.1 cm³/mol. The molecule has 1 atom stereocenters. The van der Waals surface area contributed by atoms with Crippen LogP contribution < -0.4 is 10.5 Å². The first-order valence-electron chi connectivity index (χ1n) is 5.40. The molecule has 0 aliphatic rings. The summed E-state index contributed by atoms with van der Waals surface area (Å²) in [4.78, 5) is 4.13. The summed E-state index contributed by atoms with van der Waals surface area (Å²) in [5, 5.41) is 0.525. The number of pyridine rings is 1. The van der Waals surface area contributed by atoms with E-state index in [0.717, 1.165) is 10.0 Å². The minimum atomic E-state index is -0.0595. The quantitative estimate of drug-likeness (QED) is 0.914. The summed E-state index contributed by atoms with van der Waals surface area (Å²) in [5.41, 5.74) is 6.78. The van der Waals surface area contributed by atoms with E-state index in [1.54, 1.807) is 18.3 Å². The Morgan fingerprint density at radius 3 is 2.78 bits per heavy atom. The van der Waals surface area contributed by atoms with Crippen molar-refractivity contribution in [2.75, 3.05) is 0 Å². The van der Waals surface area contributed by atoms with Gasteiger partial charge in [0.1, 0.15) is 5.75 Å². The summed E-state index contributed by atoms with van der Waals surface area (Å²) in [7, 11) is 0. The van der Waals surface area contributed by atoms with Gasteiger partial charge in [0.25, 0.3) is 0 Å². The molecule has 2 rings (SSSR count). The van der Waals surface area contributed by atoms with E-state index >= 15 is 0 Å². The molecule has 3 nitrogen and oxygen atoms in total. The van der Waals surface area contributed by atoms with Crippen molar-refractivity contribution < 1.29 is 4.74 Å². The Kier molecular flexibility index (Phi) is 4.22. The fourth-order valence-electron chi connectivity index (χ4n) is 1.43. The summed E-state index contributed by atoms with van der Waals surface area (Å²) in [6.07, 6.45) is 1.67. The van der Waals surface area contributed by atoms with Crippen molar-refractivity contribution in [1.82, 2.24) is 4.98 Å². The van der Waals surface area contributed by atoms with Gasteiger partial charge in [0.15, 0.2) is 0 Å². The van der Waals surface area contributed by atoms with Gasteiger partial charge >= 0.3 is 0 Å². The lowest BCUT2D eigenvalue weighted by Crippen LogP contribution is -2.05. The minimum absolute atomic E-state index is 0.0595. The van der Waals surface area contributed by atoms with Crippen molar-refractivity contribution in [2.24, 2.45) is 5.73 Å². The van der Waals surface area contributed by atoms with E-state index < -0.39 is 0 Å². The van der Waals surface area contributed by atoms with Crippen molar-refractivity contribution in [2.45, 2.75) is 13.0 Å². The van der Waals surface area contributed by atoms with Crippen LogP contribution in [0.1, 0.15) is 18.5 Å². The molecular weight excluding hydrogens is 316 g/mol. The Morgan fingerprint density at radius 1 is 1.33 bits per heavy atom.